The van der Waals surface area contributed by atoms with E-state index in [1.165, 1.54) is 0 Å². The summed E-state index contributed by atoms with van der Waals surface area (Å²) in [4.78, 5) is 24.5. The van der Waals surface area contributed by atoms with E-state index in [1.807, 2.05) is 28.9 Å². The van der Waals surface area contributed by atoms with Crippen LogP contribution < -0.4 is 4.74 Å². The predicted octanol–water partition coefficient (Wildman–Crippen LogP) is 2.33. The minimum atomic E-state index is -0.315. The Hall–Kier alpha value is -2.90. The summed E-state index contributed by atoms with van der Waals surface area (Å²) in [6.07, 6.45) is 0.424. The maximum absolute atomic E-state index is 12.9. The van der Waals surface area contributed by atoms with Crippen molar-refractivity contribution in [2.75, 3.05) is 32.8 Å². The van der Waals surface area contributed by atoms with E-state index in [4.69, 9.17) is 4.74 Å². The Labute approximate surface area is 175 Å². The Morgan fingerprint density at radius 2 is 2.07 bits per heavy atom. The van der Waals surface area contributed by atoms with Crippen LogP contribution in [0.15, 0.2) is 36.4 Å². The van der Waals surface area contributed by atoms with E-state index >= 15 is 0 Å². The lowest BCUT2D eigenvalue weighted by atomic mass is 10.0. The number of nitrogens with one attached hydrogen (secondary N) is 1. The van der Waals surface area contributed by atoms with Crippen molar-refractivity contribution < 1.29 is 14.6 Å². The molecule has 5 rings (SSSR count). The third-order valence-electron chi connectivity index (χ3n) is 5.93. The van der Waals surface area contributed by atoms with Crippen molar-refractivity contribution in [3.8, 4) is 16.9 Å². The average molecular weight is 406 g/mol. The van der Waals surface area contributed by atoms with Crippen molar-refractivity contribution in [1.29, 1.82) is 0 Å². The molecule has 1 atom stereocenters. The van der Waals surface area contributed by atoms with Crippen LogP contribution in [-0.4, -0.2) is 69.7 Å². The molecule has 30 heavy (non-hydrogen) atoms. The highest BCUT2D eigenvalue weighted by Crippen LogP contribution is 2.30. The summed E-state index contributed by atoms with van der Waals surface area (Å²) in [6, 6.07) is 12.4. The third kappa shape index (κ3) is 3.78. The van der Waals surface area contributed by atoms with Gasteiger partial charge in [0.05, 0.1) is 30.2 Å². The molecule has 2 N–H and O–H groups in total. The zero-order chi connectivity index (χ0) is 20.7. The SMILES string of the molecule is Cc1nc2ccc(-c3ccc4c(c3)CN(C(=O)CN3CCC(O)C3)CCO4)cc2[nH]1. The molecule has 1 fully saturated rings. The van der Waals surface area contributed by atoms with Gasteiger partial charge in [-0.15, -0.1) is 0 Å². The van der Waals surface area contributed by atoms with Crippen LogP contribution in [0.5, 0.6) is 5.75 Å². The fourth-order valence-electron chi connectivity index (χ4n) is 4.35. The second-order valence-electron chi connectivity index (χ2n) is 8.22. The monoisotopic (exact) mass is 406 g/mol. The standard InChI is InChI=1S/C23H26N4O3/c1-15-24-20-4-2-17(11-21(20)25-15)16-3-5-22-18(10-16)12-27(8-9-30-22)23(29)14-26-7-6-19(28)13-26/h2-5,10-11,19,28H,6-9,12-14H2,1H3,(H,24,25). The highest BCUT2D eigenvalue weighted by Gasteiger charge is 2.26. The Kier molecular flexibility index (Phi) is 4.92. The number of ether oxygens (including phenoxy) is 1. The van der Waals surface area contributed by atoms with E-state index in [0.29, 0.717) is 32.8 Å². The fraction of sp³-hybridized carbons (Fsp3) is 0.391. The van der Waals surface area contributed by atoms with Gasteiger partial charge in [-0.2, -0.15) is 0 Å². The molecule has 1 aromatic heterocycles. The number of carbonyl (C=O) groups excluding carboxylic acids is 1. The van der Waals surface area contributed by atoms with Crippen LogP contribution in [-0.2, 0) is 11.3 Å². The fourth-order valence-corrected chi connectivity index (χ4v) is 4.35. The van der Waals surface area contributed by atoms with Gasteiger partial charge in [0.15, 0.2) is 0 Å². The molecule has 1 unspecified atom stereocenters. The zero-order valence-corrected chi connectivity index (χ0v) is 17.1. The first-order chi connectivity index (χ1) is 14.5. The number of aliphatic hydroxyl groups is 1. The van der Waals surface area contributed by atoms with Crippen LogP contribution in [0.3, 0.4) is 0 Å². The summed E-state index contributed by atoms with van der Waals surface area (Å²) < 4.78 is 5.92. The van der Waals surface area contributed by atoms with E-state index < -0.39 is 0 Å². The van der Waals surface area contributed by atoms with Gasteiger partial charge in [-0.3, -0.25) is 9.69 Å². The van der Waals surface area contributed by atoms with Crippen LogP contribution >= 0.6 is 0 Å². The molecule has 156 valence electrons. The van der Waals surface area contributed by atoms with E-state index in [-0.39, 0.29) is 12.0 Å². The third-order valence-corrected chi connectivity index (χ3v) is 5.93. The number of aromatic nitrogens is 2. The number of amides is 1. The molecule has 2 aliphatic heterocycles. The Morgan fingerprint density at radius 3 is 2.90 bits per heavy atom. The lowest BCUT2D eigenvalue weighted by molar-refractivity contribution is -0.133. The second-order valence-corrected chi connectivity index (χ2v) is 8.22. The van der Waals surface area contributed by atoms with Gasteiger partial charge in [0.2, 0.25) is 5.91 Å². The number of likely N-dealkylation sites (tertiary alicyclic amines) is 1. The van der Waals surface area contributed by atoms with Crippen LogP contribution in [0.2, 0.25) is 0 Å². The number of rotatable bonds is 3. The number of aryl methyl sites for hydroxylation is 1. The minimum absolute atomic E-state index is 0.0836. The molecule has 0 radical (unpaired) electrons. The average Bonchev–Trinajstić information content (AvgIpc) is 3.23. The summed E-state index contributed by atoms with van der Waals surface area (Å²) in [5.41, 5.74) is 5.17. The Balaban J connectivity index is 1.37. The van der Waals surface area contributed by atoms with Gasteiger partial charge in [-0.05, 0) is 48.7 Å². The topological polar surface area (TPSA) is 81.7 Å². The number of benzene rings is 2. The normalized spacial score (nSPS) is 19.5. The number of nitrogens with zero attached hydrogens (tertiary/aromatic N) is 3. The van der Waals surface area contributed by atoms with E-state index in [2.05, 4.69) is 34.2 Å². The quantitative estimate of drug-likeness (QED) is 0.698. The number of carbonyl (C=O) groups is 1. The molecule has 7 nitrogen and oxygen atoms in total. The number of hydrogen-bond acceptors (Lipinski definition) is 5. The van der Waals surface area contributed by atoms with Crippen molar-refractivity contribution in [2.45, 2.75) is 26.0 Å². The molecular weight excluding hydrogens is 380 g/mol. The van der Waals surface area contributed by atoms with Crippen molar-refractivity contribution in [1.82, 2.24) is 19.8 Å². The highest BCUT2D eigenvalue weighted by atomic mass is 16.5. The van der Waals surface area contributed by atoms with Gasteiger partial charge < -0.3 is 19.7 Å². The first-order valence-corrected chi connectivity index (χ1v) is 10.5. The second kappa shape index (κ2) is 7.74. The molecule has 1 saturated heterocycles. The molecule has 0 spiro atoms. The molecule has 3 heterocycles. The first kappa shape index (κ1) is 19.1. The summed E-state index contributed by atoms with van der Waals surface area (Å²) in [5.74, 6) is 1.82. The summed E-state index contributed by atoms with van der Waals surface area (Å²) >= 11 is 0. The van der Waals surface area contributed by atoms with Gasteiger partial charge in [-0.1, -0.05) is 12.1 Å². The predicted molar refractivity (Wildman–Crippen MR) is 114 cm³/mol. The lowest BCUT2D eigenvalue weighted by Gasteiger charge is -2.23. The Bertz CT molecular complexity index is 1090. The zero-order valence-electron chi connectivity index (χ0n) is 17.1. The molecule has 0 aliphatic carbocycles. The molecule has 2 aromatic carbocycles. The highest BCUT2D eigenvalue weighted by molar-refractivity contribution is 5.82. The number of β-amino-alcohol motifs (C(OH)–C–C–N with tert-alkyl or cyclic N) is 1. The number of H-pyrrole nitrogens is 1. The smallest absolute Gasteiger partial charge is 0.237 e. The molecular formula is C23H26N4O3. The molecule has 1 amide bonds. The van der Waals surface area contributed by atoms with Crippen LogP contribution in [0, 0.1) is 6.92 Å². The number of imidazole rings is 1. The number of hydrogen-bond donors (Lipinski definition) is 2. The van der Waals surface area contributed by atoms with Crippen molar-refractivity contribution in [3.05, 3.63) is 47.8 Å². The molecule has 0 saturated carbocycles. The van der Waals surface area contributed by atoms with Crippen molar-refractivity contribution >= 4 is 16.9 Å². The summed E-state index contributed by atoms with van der Waals surface area (Å²) in [7, 11) is 0. The largest absolute Gasteiger partial charge is 0.491 e. The van der Waals surface area contributed by atoms with E-state index in [9.17, 15) is 9.90 Å². The maximum Gasteiger partial charge on any atom is 0.237 e. The molecule has 2 aliphatic rings. The summed E-state index contributed by atoms with van der Waals surface area (Å²) in [6.45, 7) is 5.23. The lowest BCUT2D eigenvalue weighted by Crippen LogP contribution is -2.40. The van der Waals surface area contributed by atoms with E-state index in [0.717, 1.165) is 52.3 Å². The first-order valence-electron chi connectivity index (χ1n) is 10.5. The molecule has 0 bridgehead atoms. The van der Waals surface area contributed by atoms with Crippen molar-refractivity contribution in [2.24, 2.45) is 0 Å². The van der Waals surface area contributed by atoms with Gasteiger partial charge in [0.1, 0.15) is 18.2 Å². The molecule has 7 heteroatoms. The van der Waals surface area contributed by atoms with Gasteiger partial charge in [0, 0.05) is 25.2 Å². The van der Waals surface area contributed by atoms with Crippen LogP contribution in [0.1, 0.15) is 17.8 Å². The van der Waals surface area contributed by atoms with Gasteiger partial charge >= 0.3 is 0 Å². The van der Waals surface area contributed by atoms with Gasteiger partial charge in [0.25, 0.3) is 0 Å². The summed E-state index contributed by atoms with van der Waals surface area (Å²) in [5, 5.41) is 9.71. The van der Waals surface area contributed by atoms with Gasteiger partial charge in [-0.25, -0.2) is 4.98 Å². The number of aliphatic hydroxyl groups excluding tert-OH is 1. The van der Waals surface area contributed by atoms with Crippen molar-refractivity contribution in [3.63, 3.8) is 0 Å². The van der Waals surface area contributed by atoms with Crippen LogP contribution in [0.25, 0.3) is 22.2 Å². The number of aromatic amines is 1. The van der Waals surface area contributed by atoms with Crippen LogP contribution in [0.4, 0.5) is 0 Å². The number of fused-ring (bicyclic) bond motifs is 2. The van der Waals surface area contributed by atoms with E-state index in [1.54, 1.807) is 0 Å². The minimum Gasteiger partial charge on any atom is -0.491 e. The maximum atomic E-state index is 12.9. The molecule has 3 aromatic rings. The Morgan fingerprint density at radius 1 is 1.23 bits per heavy atom.